The van der Waals surface area contributed by atoms with Gasteiger partial charge in [0.25, 0.3) is 0 Å². The molecule has 1 rings (SSSR count). The molecule has 0 aliphatic rings. The van der Waals surface area contributed by atoms with Gasteiger partial charge in [-0.3, -0.25) is 4.79 Å². The molecule has 0 aromatic carbocycles. The summed E-state index contributed by atoms with van der Waals surface area (Å²) in [5, 5.41) is 10.3. The van der Waals surface area contributed by atoms with Crippen molar-refractivity contribution in [2.45, 2.75) is 6.92 Å². The fraction of sp³-hybridized carbons (Fsp3) is 0.500. The third-order valence-corrected chi connectivity index (χ3v) is 2.30. The van der Waals surface area contributed by atoms with E-state index in [1.165, 1.54) is 0 Å². The first-order chi connectivity index (χ1) is 7.54. The predicted molar refractivity (Wildman–Crippen MR) is 62.9 cm³/mol. The molecule has 0 saturated carbocycles. The second kappa shape index (κ2) is 5.29. The molecule has 0 fully saturated rings. The van der Waals surface area contributed by atoms with Crippen LogP contribution in [0.25, 0.3) is 0 Å². The van der Waals surface area contributed by atoms with Crippen molar-refractivity contribution in [1.82, 2.24) is 15.5 Å². The number of nitrogens with two attached hydrogens (primary N) is 1. The van der Waals surface area contributed by atoms with Crippen LogP contribution in [0.3, 0.4) is 0 Å². The first-order valence-corrected chi connectivity index (χ1v) is 5.06. The average Bonchev–Trinajstić information content (AvgIpc) is 2.28. The molecule has 0 aliphatic heterocycles. The molecule has 0 aliphatic carbocycles. The van der Waals surface area contributed by atoms with Gasteiger partial charge in [-0.05, 0) is 12.1 Å². The summed E-state index contributed by atoms with van der Waals surface area (Å²) < 4.78 is 0. The van der Waals surface area contributed by atoms with E-state index >= 15 is 0 Å². The van der Waals surface area contributed by atoms with Crippen LogP contribution in [0.4, 0.5) is 11.6 Å². The van der Waals surface area contributed by atoms with Crippen molar-refractivity contribution < 1.29 is 4.79 Å². The second-order valence-corrected chi connectivity index (χ2v) is 3.71. The van der Waals surface area contributed by atoms with Crippen molar-refractivity contribution in [3.63, 3.8) is 0 Å². The van der Waals surface area contributed by atoms with Gasteiger partial charge in [-0.2, -0.15) is 0 Å². The zero-order valence-electron chi connectivity index (χ0n) is 9.77. The Kier molecular flexibility index (Phi) is 4.04. The molecule has 1 heterocycles. The smallest absolute Gasteiger partial charge is 0.224 e. The van der Waals surface area contributed by atoms with E-state index in [4.69, 9.17) is 5.73 Å². The first kappa shape index (κ1) is 12.2. The molecular formula is C10H17N5O. The third-order valence-electron chi connectivity index (χ3n) is 2.30. The third kappa shape index (κ3) is 3.08. The van der Waals surface area contributed by atoms with Crippen molar-refractivity contribution in [1.29, 1.82) is 0 Å². The number of rotatable bonds is 4. The average molecular weight is 223 g/mol. The highest BCUT2D eigenvalue weighted by molar-refractivity contribution is 5.78. The maximum Gasteiger partial charge on any atom is 0.224 e. The molecule has 1 atom stereocenters. The molecule has 1 aromatic heterocycles. The van der Waals surface area contributed by atoms with E-state index in [0.717, 1.165) is 0 Å². The summed E-state index contributed by atoms with van der Waals surface area (Å²) in [5.74, 6) is 0.992. The minimum atomic E-state index is -0.102. The highest BCUT2D eigenvalue weighted by Gasteiger charge is 2.14. The monoisotopic (exact) mass is 223 g/mol. The summed E-state index contributed by atoms with van der Waals surface area (Å²) in [6, 6.07) is 3.46. The number of carbonyl (C=O) groups excluding carboxylic acids is 1. The number of aromatic nitrogens is 2. The van der Waals surface area contributed by atoms with E-state index in [-0.39, 0.29) is 11.8 Å². The van der Waals surface area contributed by atoms with E-state index in [2.05, 4.69) is 15.5 Å². The maximum absolute atomic E-state index is 11.3. The standard InChI is InChI=1S/C10H17N5O/c1-7(10(16)12-2)6-15(3)9-5-4-8(11)13-14-9/h4-5,7H,6H2,1-3H3,(H2,11,13)(H,12,16). The number of nitrogens with zero attached hydrogens (tertiary/aromatic N) is 3. The Hall–Kier alpha value is -1.85. The van der Waals surface area contributed by atoms with Gasteiger partial charge in [0, 0.05) is 20.6 Å². The van der Waals surface area contributed by atoms with E-state index in [1.54, 1.807) is 19.2 Å². The summed E-state index contributed by atoms with van der Waals surface area (Å²) in [7, 11) is 3.49. The van der Waals surface area contributed by atoms with Crippen LogP contribution in [0.15, 0.2) is 12.1 Å². The second-order valence-electron chi connectivity index (χ2n) is 3.71. The van der Waals surface area contributed by atoms with Crippen LogP contribution < -0.4 is 16.0 Å². The Morgan fingerprint density at radius 2 is 2.25 bits per heavy atom. The number of nitrogen functional groups attached to an aromatic ring is 1. The van der Waals surface area contributed by atoms with E-state index in [0.29, 0.717) is 18.2 Å². The largest absolute Gasteiger partial charge is 0.382 e. The molecule has 16 heavy (non-hydrogen) atoms. The van der Waals surface area contributed by atoms with E-state index < -0.39 is 0 Å². The lowest BCUT2D eigenvalue weighted by Crippen LogP contribution is -2.34. The van der Waals surface area contributed by atoms with Crippen molar-refractivity contribution in [2.24, 2.45) is 5.92 Å². The Balaban J connectivity index is 2.61. The number of amides is 1. The van der Waals surface area contributed by atoms with Gasteiger partial charge in [-0.1, -0.05) is 6.92 Å². The number of carbonyl (C=O) groups is 1. The minimum absolute atomic E-state index is 0.00949. The van der Waals surface area contributed by atoms with Crippen LogP contribution in [-0.2, 0) is 4.79 Å². The zero-order valence-corrected chi connectivity index (χ0v) is 9.77. The molecular weight excluding hydrogens is 206 g/mol. The minimum Gasteiger partial charge on any atom is -0.382 e. The van der Waals surface area contributed by atoms with Gasteiger partial charge in [-0.25, -0.2) is 0 Å². The summed E-state index contributed by atoms with van der Waals surface area (Å²) in [6.07, 6.45) is 0. The lowest BCUT2D eigenvalue weighted by Gasteiger charge is -2.20. The van der Waals surface area contributed by atoms with E-state index in [1.807, 2.05) is 18.9 Å². The van der Waals surface area contributed by atoms with Gasteiger partial charge < -0.3 is 16.0 Å². The van der Waals surface area contributed by atoms with Crippen molar-refractivity contribution in [2.75, 3.05) is 31.3 Å². The van der Waals surface area contributed by atoms with Gasteiger partial charge in [-0.15, -0.1) is 10.2 Å². The summed E-state index contributed by atoms with van der Waals surface area (Å²) in [5.41, 5.74) is 5.44. The highest BCUT2D eigenvalue weighted by atomic mass is 16.1. The van der Waals surface area contributed by atoms with Gasteiger partial charge in [0.05, 0.1) is 5.92 Å². The number of anilines is 2. The van der Waals surface area contributed by atoms with Crippen molar-refractivity contribution >= 4 is 17.5 Å². The van der Waals surface area contributed by atoms with Crippen LogP contribution in [-0.4, -0.2) is 36.7 Å². The molecule has 0 saturated heterocycles. The number of hydrogen-bond donors (Lipinski definition) is 2. The molecule has 88 valence electrons. The molecule has 6 nitrogen and oxygen atoms in total. The van der Waals surface area contributed by atoms with Crippen molar-refractivity contribution in [3.05, 3.63) is 12.1 Å². The topological polar surface area (TPSA) is 84.1 Å². The van der Waals surface area contributed by atoms with E-state index in [9.17, 15) is 4.79 Å². The lowest BCUT2D eigenvalue weighted by molar-refractivity contribution is -0.123. The van der Waals surface area contributed by atoms with Crippen LogP contribution >= 0.6 is 0 Å². The molecule has 1 unspecified atom stereocenters. The molecule has 6 heteroatoms. The molecule has 1 aromatic rings. The summed E-state index contributed by atoms with van der Waals surface area (Å²) >= 11 is 0. The predicted octanol–water partition coefficient (Wildman–Crippen LogP) is -0.123. The molecule has 0 spiro atoms. The molecule has 0 radical (unpaired) electrons. The SMILES string of the molecule is CNC(=O)C(C)CN(C)c1ccc(N)nn1. The Bertz CT molecular complexity index is 351. The number of hydrogen-bond acceptors (Lipinski definition) is 5. The van der Waals surface area contributed by atoms with Crippen LogP contribution in [0, 0.1) is 5.92 Å². The van der Waals surface area contributed by atoms with Crippen LogP contribution in [0.1, 0.15) is 6.92 Å². The fourth-order valence-corrected chi connectivity index (χ4v) is 1.37. The maximum atomic E-state index is 11.3. The van der Waals surface area contributed by atoms with Crippen LogP contribution in [0.5, 0.6) is 0 Å². The first-order valence-electron chi connectivity index (χ1n) is 5.06. The lowest BCUT2D eigenvalue weighted by atomic mass is 10.1. The fourth-order valence-electron chi connectivity index (χ4n) is 1.37. The number of nitrogens with one attached hydrogen (secondary N) is 1. The highest BCUT2D eigenvalue weighted by Crippen LogP contribution is 2.10. The normalized spacial score (nSPS) is 11.9. The van der Waals surface area contributed by atoms with Gasteiger partial charge in [0.15, 0.2) is 5.82 Å². The quantitative estimate of drug-likeness (QED) is 0.743. The van der Waals surface area contributed by atoms with Gasteiger partial charge >= 0.3 is 0 Å². The summed E-state index contributed by atoms with van der Waals surface area (Å²) in [4.78, 5) is 13.2. The molecule has 1 amide bonds. The Morgan fingerprint density at radius 3 is 2.75 bits per heavy atom. The van der Waals surface area contributed by atoms with Gasteiger partial charge in [0.2, 0.25) is 5.91 Å². The van der Waals surface area contributed by atoms with Crippen LogP contribution in [0.2, 0.25) is 0 Å². The molecule has 0 bridgehead atoms. The Morgan fingerprint density at radius 1 is 1.56 bits per heavy atom. The van der Waals surface area contributed by atoms with Gasteiger partial charge in [0.1, 0.15) is 5.82 Å². The van der Waals surface area contributed by atoms with Crippen molar-refractivity contribution in [3.8, 4) is 0 Å². The zero-order chi connectivity index (χ0) is 12.1. The summed E-state index contributed by atoms with van der Waals surface area (Å²) in [6.45, 7) is 2.44. The Labute approximate surface area is 94.8 Å². The molecule has 3 N–H and O–H groups in total.